The largest absolute Gasteiger partial charge is 0.324 e. The number of rotatable bonds is 8. The van der Waals surface area contributed by atoms with Crippen LogP contribution in [0.2, 0.25) is 0 Å². The lowest BCUT2D eigenvalue weighted by atomic mass is 9.82. The maximum Gasteiger partial charge on any atom is 0.228 e. The molecule has 8 nitrogen and oxygen atoms in total. The van der Waals surface area contributed by atoms with Crippen LogP contribution in [0.3, 0.4) is 0 Å². The molecule has 0 atom stereocenters. The van der Waals surface area contributed by atoms with Gasteiger partial charge in [-0.05, 0) is 55.8 Å². The second-order valence-corrected chi connectivity index (χ2v) is 10.5. The second kappa shape index (κ2) is 9.93. The van der Waals surface area contributed by atoms with Gasteiger partial charge in [0.2, 0.25) is 5.91 Å². The highest BCUT2D eigenvalue weighted by atomic mass is 32.2. The second-order valence-electron chi connectivity index (χ2n) is 8.20. The normalized spacial score (nSPS) is 11.5. The van der Waals surface area contributed by atoms with E-state index < -0.39 is 15.3 Å². The lowest BCUT2D eigenvalue weighted by Crippen LogP contribution is -2.31. The minimum absolute atomic E-state index is 0.0122. The number of Topliss-reactive ketones (excluding diaryl/α,β-unsaturated/α-hetero) is 1. The molecule has 9 heteroatoms. The molecule has 0 unspecified atom stereocenters. The highest BCUT2D eigenvalue weighted by Crippen LogP contribution is 2.26. The summed E-state index contributed by atoms with van der Waals surface area (Å²) in [5.74, 6) is -0.557. The zero-order valence-electron chi connectivity index (χ0n) is 19.1. The van der Waals surface area contributed by atoms with E-state index in [0.717, 1.165) is 0 Å². The number of carbonyl (C=O) groups is 2. The molecule has 0 spiro atoms. The summed E-state index contributed by atoms with van der Waals surface area (Å²) in [6, 6.07) is 14.5. The van der Waals surface area contributed by atoms with Crippen molar-refractivity contribution >= 4 is 27.2 Å². The van der Waals surface area contributed by atoms with E-state index in [9.17, 15) is 18.0 Å². The van der Waals surface area contributed by atoms with Crippen molar-refractivity contribution in [3.63, 3.8) is 0 Å². The Morgan fingerprint density at radius 2 is 1.76 bits per heavy atom. The number of hydrogen-bond donors (Lipinski definition) is 1. The van der Waals surface area contributed by atoms with Crippen molar-refractivity contribution in [3.05, 3.63) is 83.4 Å². The Hall–Kier alpha value is -3.90. The van der Waals surface area contributed by atoms with E-state index >= 15 is 0 Å². The third kappa shape index (κ3) is 5.53. The maximum atomic E-state index is 13.0. The van der Waals surface area contributed by atoms with E-state index in [0.29, 0.717) is 22.5 Å². The first-order valence-corrected chi connectivity index (χ1v) is 12.2. The van der Waals surface area contributed by atoms with Crippen molar-refractivity contribution in [2.45, 2.75) is 37.5 Å². The number of anilines is 1. The van der Waals surface area contributed by atoms with Gasteiger partial charge in [-0.3, -0.25) is 19.6 Å². The van der Waals surface area contributed by atoms with Gasteiger partial charge in [0.1, 0.15) is 5.69 Å². The minimum Gasteiger partial charge on any atom is -0.324 e. The number of amides is 1. The molecule has 1 aromatic carbocycles. The first-order valence-electron chi connectivity index (χ1n) is 10.6. The van der Waals surface area contributed by atoms with Crippen molar-refractivity contribution in [2.24, 2.45) is 0 Å². The Labute approximate surface area is 198 Å². The topological polar surface area (TPSA) is 130 Å². The smallest absolute Gasteiger partial charge is 0.228 e. The van der Waals surface area contributed by atoms with E-state index in [1.165, 1.54) is 30.6 Å². The number of nitrogens with zero attached hydrogens (tertiary/aromatic N) is 3. The van der Waals surface area contributed by atoms with Crippen molar-refractivity contribution in [2.75, 3.05) is 11.1 Å². The number of ketones is 1. The Bertz CT molecular complexity index is 1360. The van der Waals surface area contributed by atoms with Gasteiger partial charge in [0, 0.05) is 6.20 Å². The Balaban J connectivity index is 1.66. The molecule has 1 amide bonds. The Morgan fingerprint density at radius 1 is 1.06 bits per heavy atom. The zero-order valence-corrected chi connectivity index (χ0v) is 19.9. The summed E-state index contributed by atoms with van der Waals surface area (Å²) in [7, 11) is -3.29. The van der Waals surface area contributed by atoms with Gasteiger partial charge in [0.25, 0.3) is 0 Å². The van der Waals surface area contributed by atoms with E-state index in [1.807, 2.05) is 6.07 Å². The van der Waals surface area contributed by atoms with Crippen LogP contribution in [0.1, 0.15) is 48.1 Å². The van der Waals surface area contributed by atoms with Gasteiger partial charge in [0.05, 0.1) is 51.7 Å². The van der Waals surface area contributed by atoms with Gasteiger partial charge in [-0.1, -0.05) is 19.1 Å². The molecule has 0 aliphatic heterocycles. The van der Waals surface area contributed by atoms with Crippen LogP contribution in [0.5, 0.6) is 0 Å². The van der Waals surface area contributed by atoms with E-state index in [1.54, 1.807) is 51.1 Å². The standard InChI is InChI=1S/C25H24N4O4S/c1-4-34(32,33)20-8-5-17(6-9-20)14-23(30)29-19-7-10-21(28-16-19)24(31)25(2,3)22-13-18(15-26)11-12-27-22/h5-13,16H,4,14H2,1-3H3,(H,29,30). The molecule has 2 aromatic heterocycles. The molecule has 0 aliphatic rings. The van der Waals surface area contributed by atoms with Crippen molar-refractivity contribution in [1.82, 2.24) is 9.97 Å². The first-order chi connectivity index (χ1) is 16.1. The lowest BCUT2D eigenvalue weighted by Gasteiger charge is -2.22. The third-order valence-corrected chi connectivity index (χ3v) is 7.15. The number of hydrogen-bond acceptors (Lipinski definition) is 7. The number of nitrogens with one attached hydrogen (secondary N) is 1. The third-order valence-electron chi connectivity index (χ3n) is 5.40. The number of nitriles is 1. The predicted octanol–water partition coefficient (Wildman–Crippen LogP) is 3.48. The highest BCUT2D eigenvalue weighted by molar-refractivity contribution is 7.91. The van der Waals surface area contributed by atoms with Crippen LogP contribution in [-0.4, -0.2) is 35.8 Å². The molecule has 0 fully saturated rings. The molecule has 2 heterocycles. The van der Waals surface area contributed by atoms with Crippen LogP contribution < -0.4 is 5.32 Å². The molecule has 3 rings (SSSR count). The number of pyridine rings is 2. The quantitative estimate of drug-likeness (QED) is 0.493. The summed E-state index contributed by atoms with van der Waals surface area (Å²) in [6.07, 6.45) is 2.95. The van der Waals surface area contributed by atoms with Gasteiger partial charge in [-0.15, -0.1) is 0 Å². The Kier molecular flexibility index (Phi) is 7.23. The van der Waals surface area contributed by atoms with E-state index in [4.69, 9.17) is 5.26 Å². The van der Waals surface area contributed by atoms with Crippen LogP contribution in [0.25, 0.3) is 0 Å². The number of carbonyl (C=O) groups excluding carboxylic acids is 2. The maximum absolute atomic E-state index is 13.0. The molecular weight excluding hydrogens is 452 g/mol. The monoisotopic (exact) mass is 476 g/mol. The fraction of sp³-hybridized carbons (Fsp3) is 0.240. The van der Waals surface area contributed by atoms with Crippen LogP contribution in [0.15, 0.2) is 65.8 Å². The molecule has 0 radical (unpaired) electrons. The lowest BCUT2D eigenvalue weighted by molar-refractivity contribution is -0.115. The average Bonchev–Trinajstić information content (AvgIpc) is 2.84. The SMILES string of the molecule is CCS(=O)(=O)c1ccc(CC(=O)Nc2ccc(C(=O)C(C)(C)c3cc(C#N)ccn3)nc2)cc1. The van der Waals surface area contributed by atoms with Crippen molar-refractivity contribution in [3.8, 4) is 6.07 Å². The van der Waals surface area contributed by atoms with Gasteiger partial charge in [-0.2, -0.15) is 5.26 Å². The summed E-state index contributed by atoms with van der Waals surface area (Å²) in [4.78, 5) is 34.1. The molecular formula is C25H24N4O4S. The van der Waals surface area contributed by atoms with Gasteiger partial charge < -0.3 is 5.32 Å². The highest BCUT2D eigenvalue weighted by Gasteiger charge is 2.33. The molecule has 34 heavy (non-hydrogen) atoms. The van der Waals surface area contributed by atoms with Crippen molar-refractivity contribution < 1.29 is 18.0 Å². The zero-order chi connectivity index (χ0) is 24.9. The summed E-state index contributed by atoms with van der Waals surface area (Å²) in [5.41, 5.74) is 1.18. The van der Waals surface area contributed by atoms with Crippen LogP contribution in [0, 0.1) is 11.3 Å². The fourth-order valence-corrected chi connectivity index (χ4v) is 4.14. The molecule has 0 saturated heterocycles. The van der Waals surface area contributed by atoms with E-state index in [2.05, 4.69) is 15.3 Å². The Morgan fingerprint density at radius 3 is 2.35 bits per heavy atom. The number of benzene rings is 1. The van der Waals surface area contributed by atoms with Gasteiger partial charge in [-0.25, -0.2) is 8.42 Å². The summed E-state index contributed by atoms with van der Waals surface area (Å²) >= 11 is 0. The molecule has 174 valence electrons. The van der Waals surface area contributed by atoms with Gasteiger partial charge in [0.15, 0.2) is 15.6 Å². The van der Waals surface area contributed by atoms with E-state index in [-0.39, 0.29) is 34.5 Å². The van der Waals surface area contributed by atoms with Gasteiger partial charge >= 0.3 is 0 Å². The molecule has 0 aliphatic carbocycles. The number of sulfone groups is 1. The molecule has 0 saturated carbocycles. The van der Waals surface area contributed by atoms with Crippen LogP contribution in [-0.2, 0) is 26.5 Å². The molecule has 3 aromatic rings. The number of aromatic nitrogens is 2. The predicted molar refractivity (Wildman–Crippen MR) is 127 cm³/mol. The van der Waals surface area contributed by atoms with Crippen molar-refractivity contribution in [1.29, 1.82) is 5.26 Å². The van der Waals surface area contributed by atoms with Crippen LogP contribution >= 0.6 is 0 Å². The molecule has 1 N–H and O–H groups in total. The summed E-state index contributed by atoms with van der Waals surface area (Å²) in [6.45, 7) is 5.01. The summed E-state index contributed by atoms with van der Waals surface area (Å²) in [5, 5.41) is 11.8. The average molecular weight is 477 g/mol. The van der Waals surface area contributed by atoms with Crippen LogP contribution in [0.4, 0.5) is 5.69 Å². The minimum atomic E-state index is -3.29. The fourth-order valence-electron chi connectivity index (χ4n) is 3.25. The molecule has 0 bridgehead atoms. The first kappa shape index (κ1) is 24.7. The summed E-state index contributed by atoms with van der Waals surface area (Å²) < 4.78 is 23.8.